The molecule has 2 aromatic carbocycles. The molecule has 0 saturated carbocycles. The Balaban J connectivity index is 2.21. The van der Waals surface area contributed by atoms with Crippen LogP contribution in [0.2, 0.25) is 0 Å². The van der Waals surface area contributed by atoms with Crippen LogP contribution < -0.4 is 9.92 Å². The van der Waals surface area contributed by atoms with Crippen molar-refractivity contribution in [2.24, 2.45) is 5.73 Å². The molecule has 12 heteroatoms. The van der Waals surface area contributed by atoms with Crippen LogP contribution >= 0.6 is 12.2 Å². The molecule has 3 N–H and O–H groups in total. The van der Waals surface area contributed by atoms with E-state index in [0.717, 1.165) is 11.0 Å². The molecule has 10 nitrogen and oxygen atoms in total. The minimum absolute atomic E-state index is 0.0566. The Bertz CT molecular complexity index is 1010. The molecular formula is C17H17N3O7S2. The minimum atomic E-state index is -4.27. The normalized spacial score (nSPS) is 10.9. The van der Waals surface area contributed by atoms with E-state index < -0.39 is 26.8 Å². The van der Waals surface area contributed by atoms with Crippen molar-refractivity contribution in [2.75, 3.05) is 6.54 Å². The second kappa shape index (κ2) is 9.30. The highest BCUT2D eigenvalue weighted by Crippen LogP contribution is 2.26. The van der Waals surface area contributed by atoms with Gasteiger partial charge < -0.3 is 15.0 Å². The van der Waals surface area contributed by atoms with Gasteiger partial charge in [0, 0.05) is 18.2 Å². The quantitative estimate of drug-likeness (QED) is 0.273. The van der Waals surface area contributed by atoms with Gasteiger partial charge in [-0.15, -0.1) is 0 Å². The number of thiocarbonyl (C=S) groups is 1. The summed E-state index contributed by atoms with van der Waals surface area (Å²) in [5.41, 5.74) is 5.14. The molecule has 0 saturated heterocycles. The summed E-state index contributed by atoms with van der Waals surface area (Å²) < 4.78 is 29.8. The minimum Gasteiger partial charge on any atom is -0.465 e. The van der Waals surface area contributed by atoms with E-state index in [1.807, 2.05) is 0 Å². The van der Waals surface area contributed by atoms with Gasteiger partial charge in [0.25, 0.3) is 5.69 Å². The smallest absolute Gasteiger partial charge is 0.413 e. The molecular weight excluding hydrogens is 422 g/mol. The van der Waals surface area contributed by atoms with E-state index in [1.54, 1.807) is 18.2 Å². The van der Waals surface area contributed by atoms with E-state index in [-0.39, 0.29) is 40.7 Å². The topological polar surface area (TPSA) is 153 Å². The lowest BCUT2D eigenvalue weighted by atomic mass is 10.1. The maximum Gasteiger partial charge on any atom is 0.413 e. The van der Waals surface area contributed by atoms with Crippen LogP contribution in [0.4, 0.5) is 10.5 Å². The number of benzene rings is 2. The zero-order valence-electron chi connectivity index (χ0n) is 14.9. The van der Waals surface area contributed by atoms with Crippen LogP contribution in [0.15, 0.2) is 53.4 Å². The van der Waals surface area contributed by atoms with E-state index in [0.29, 0.717) is 0 Å². The molecule has 29 heavy (non-hydrogen) atoms. The number of nitro groups is 1. The predicted octanol–water partition coefficient (Wildman–Crippen LogP) is 2.52. The molecule has 0 aliphatic heterocycles. The third-order valence-electron chi connectivity index (χ3n) is 3.82. The number of para-hydroxylation sites is 1. The number of nitrogens with zero attached hydrogens (tertiary/aromatic N) is 2. The number of amides is 1. The Morgan fingerprint density at radius 2 is 1.90 bits per heavy atom. The van der Waals surface area contributed by atoms with Gasteiger partial charge in [-0.25, -0.2) is 4.79 Å². The summed E-state index contributed by atoms with van der Waals surface area (Å²) in [5.74, 6) is 0.0748. The second-order valence-corrected chi connectivity index (χ2v) is 7.74. The lowest BCUT2D eigenvalue weighted by molar-refractivity contribution is -0.385. The Hall–Kier alpha value is -3.25. The molecule has 0 heterocycles. The van der Waals surface area contributed by atoms with Crippen molar-refractivity contribution in [3.63, 3.8) is 0 Å². The van der Waals surface area contributed by atoms with Crippen LogP contribution in [0, 0.1) is 10.1 Å². The van der Waals surface area contributed by atoms with E-state index in [9.17, 15) is 23.3 Å². The van der Waals surface area contributed by atoms with Crippen molar-refractivity contribution in [1.82, 2.24) is 4.90 Å². The van der Waals surface area contributed by atoms with Gasteiger partial charge >= 0.3 is 16.2 Å². The third-order valence-corrected chi connectivity index (χ3v) is 5.28. The molecule has 1 amide bonds. The van der Waals surface area contributed by atoms with Gasteiger partial charge in [-0.2, -0.15) is 8.42 Å². The van der Waals surface area contributed by atoms with Crippen LogP contribution in [0.1, 0.15) is 12.0 Å². The van der Waals surface area contributed by atoms with Crippen molar-refractivity contribution in [3.05, 3.63) is 64.2 Å². The highest BCUT2D eigenvalue weighted by molar-refractivity contribution is 7.87. The summed E-state index contributed by atoms with van der Waals surface area (Å²) in [4.78, 5) is 22.1. The Morgan fingerprint density at radius 1 is 1.24 bits per heavy atom. The summed E-state index contributed by atoms with van der Waals surface area (Å²) >= 11 is 4.64. The van der Waals surface area contributed by atoms with E-state index in [4.69, 9.17) is 15.0 Å². The average Bonchev–Trinajstić information content (AvgIpc) is 2.64. The van der Waals surface area contributed by atoms with Gasteiger partial charge in [0.2, 0.25) is 0 Å². The summed E-state index contributed by atoms with van der Waals surface area (Å²) in [6.07, 6.45) is -1.02. The number of hydrogen-bond donors (Lipinski definition) is 2. The molecule has 0 fully saturated rings. The molecule has 0 radical (unpaired) electrons. The van der Waals surface area contributed by atoms with Crippen LogP contribution in [0.25, 0.3) is 0 Å². The first-order chi connectivity index (χ1) is 13.6. The van der Waals surface area contributed by atoms with Crippen LogP contribution in [0.5, 0.6) is 5.75 Å². The second-order valence-electron chi connectivity index (χ2n) is 5.77. The van der Waals surface area contributed by atoms with E-state index >= 15 is 0 Å². The van der Waals surface area contributed by atoms with Crippen LogP contribution in [-0.4, -0.2) is 41.1 Å². The monoisotopic (exact) mass is 439 g/mol. The lowest BCUT2D eigenvalue weighted by Crippen LogP contribution is -2.40. The Morgan fingerprint density at radius 3 is 2.45 bits per heavy atom. The van der Waals surface area contributed by atoms with Gasteiger partial charge in [-0.1, -0.05) is 24.3 Å². The third kappa shape index (κ3) is 5.86. The molecule has 0 spiro atoms. The van der Waals surface area contributed by atoms with Crippen LogP contribution in [-0.2, 0) is 16.5 Å². The average molecular weight is 439 g/mol. The first-order valence-electron chi connectivity index (χ1n) is 8.18. The Kier molecular flexibility index (Phi) is 7.07. The largest absolute Gasteiger partial charge is 0.465 e. The zero-order chi connectivity index (χ0) is 21.6. The zero-order valence-corrected chi connectivity index (χ0v) is 16.6. The molecule has 0 aromatic heterocycles. The van der Waals surface area contributed by atoms with Gasteiger partial charge in [0.15, 0.2) is 5.11 Å². The fraction of sp³-hybridized carbons (Fsp3) is 0.176. The maximum absolute atomic E-state index is 12.4. The summed E-state index contributed by atoms with van der Waals surface area (Å²) in [5, 5.41) is 20.1. The number of carboxylic acid groups (broad SMARTS) is 1. The first-order valence-corrected chi connectivity index (χ1v) is 10.00. The fourth-order valence-corrected chi connectivity index (χ4v) is 3.58. The van der Waals surface area contributed by atoms with Gasteiger partial charge in [0.1, 0.15) is 10.6 Å². The van der Waals surface area contributed by atoms with Crippen molar-refractivity contribution < 1.29 is 27.4 Å². The molecule has 2 aromatic rings. The van der Waals surface area contributed by atoms with Crippen molar-refractivity contribution in [3.8, 4) is 5.75 Å². The molecule has 0 unspecified atom stereocenters. The highest BCUT2D eigenvalue weighted by Gasteiger charge is 2.23. The molecule has 154 valence electrons. The van der Waals surface area contributed by atoms with Gasteiger partial charge in [-0.05, 0) is 43.3 Å². The SMILES string of the molecule is NC(=S)N(CCCc1ccc(S(=O)(=O)Oc2ccccc2)cc1[N+](=O)[O-])C(=O)O. The summed E-state index contributed by atoms with van der Waals surface area (Å²) in [6.45, 7) is -0.0566. The van der Waals surface area contributed by atoms with E-state index in [1.165, 1.54) is 24.3 Å². The lowest BCUT2D eigenvalue weighted by Gasteiger charge is -2.16. The first kappa shape index (κ1) is 22.0. The number of carbonyl (C=O) groups is 1. The van der Waals surface area contributed by atoms with Crippen molar-refractivity contribution in [2.45, 2.75) is 17.7 Å². The maximum atomic E-state index is 12.4. The standard InChI is InChI=1S/C17H17N3O7S2/c18-16(28)19(17(21)22)10-4-5-12-8-9-14(11-15(12)20(23)24)29(25,26)27-13-6-2-1-3-7-13/h1-3,6-9,11H,4-5,10H2,(H2,18,28)(H,21,22). The summed E-state index contributed by atoms with van der Waals surface area (Å²) in [6, 6.07) is 11.1. The Labute approximate surface area is 171 Å². The number of hydrogen-bond acceptors (Lipinski definition) is 7. The van der Waals surface area contributed by atoms with Crippen molar-refractivity contribution >= 4 is 39.2 Å². The number of aryl methyl sites for hydroxylation is 1. The molecule has 0 atom stereocenters. The van der Waals surface area contributed by atoms with Gasteiger partial charge in [0.05, 0.1) is 4.92 Å². The van der Waals surface area contributed by atoms with E-state index in [2.05, 4.69) is 12.2 Å². The number of nitrogens with two attached hydrogens (primary N) is 1. The number of rotatable bonds is 8. The summed E-state index contributed by atoms with van der Waals surface area (Å²) in [7, 11) is -4.27. The van der Waals surface area contributed by atoms with Crippen LogP contribution in [0.3, 0.4) is 0 Å². The molecule has 0 aliphatic rings. The highest BCUT2D eigenvalue weighted by atomic mass is 32.2. The molecule has 2 rings (SSSR count). The molecule has 0 aliphatic carbocycles. The fourth-order valence-electron chi connectivity index (χ4n) is 2.46. The molecule has 0 bridgehead atoms. The van der Waals surface area contributed by atoms with Gasteiger partial charge in [-0.3, -0.25) is 15.0 Å². The van der Waals surface area contributed by atoms with Crippen molar-refractivity contribution in [1.29, 1.82) is 0 Å². The predicted molar refractivity (Wildman–Crippen MR) is 107 cm³/mol. The number of nitro benzene ring substituents is 1.